The Morgan fingerprint density at radius 2 is 1.89 bits per heavy atom. The van der Waals surface area contributed by atoms with Crippen molar-refractivity contribution in [1.29, 1.82) is 0 Å². The molecule has 2 aliphatic rings. The number of benzene rings is 1. The fourth-order valence-electron chi connectivity index (χ4n) is 4.99. The molecule has 2 aliphatic heterocycles. The molecule has 2 fully saturated rings. The molecule has 3 heterocycles. The van der Waals surface area contributed by atoms with Gasteiger partial charge in [-0.05, 0) is 57.2 Å². The molecular formula is C23H32N4O. The van der Waals surface area contributed by atoms with E-state index in [0.717, 1.165) is 39.1 Å². The second kappa shape index (κ2) is 7.70. The summed E-state index contributed by atoms with van der Waals surface area (Å²) < 4.78 is 1.96. The average Bonchev–Trinajstić information content (AvgIpc) is 3.04. The van der Waals surface area contributed by atoms with E-state index in [1.807, 2.05) is 24.0 Å². The Hall–Kier alpha value is -2.14. The van der Waals surface area contributed by atoms with E-state index >= 15 is 0 Å². The maximum absolute atomic E-state index is 13.0. The fourth-order valence-corrected chi connectivity index (χ4v) is 4.99. The zero-order chi connectivity index (χ0) is 19.7. The zero-order valence-electron chi connectivity index (χ0n) is 17.4. The first-order chi connectivity index (χ1) is 13.5. The van der Waals surface area contributed by atoms with Gasteiger partial charge in [-0.3, -0.25) is 14.4 Å². The van der Waals surface area contributed by atoms with Crippen LogP contribution in [0, 0.1) is 12.3 Å². The largest absolute Gasteiger partial charge is 0.342 e. The van der Waals surface area contributed by atoms with E-state index in [-0.39, 0.29) is 11.3 Å². The van der Waals surface area contributed by atoms with Gasteiger partial charge in [-0.25, -0.2) is 0 Å². The number of piperidine rings is 2. The number of likely N-dealkylation sites (N-methyl/N-ethyl adjacent to an activating group) is 1. The van der Waals surface area contributed by atoms with Gasteiger partial charge in [0.15, 0.2) is 0 Å². The number of rotatable bonds is 4. The lowest BCUT2D eigenvalue weighted by atomic mass is 9.67. The molecule has 4 rings (SSSR count). The van der Waals surface area contributed by atoms with Crippen LogP contribution >= 0.6 is 0 Å². The van der Waals surface area contributed by atoms with Gasteiger partial charge in [0.25, 0.3) is 0 Å². The molecule has 1 aromatic heterocycles. The summed E-state index contributed by atoms with van der Waals surface area (Å²) in [6.07, 6.45) is 5.33. The quantitative estimate of drug-likeness (QED) is 0.817. The fraction of sp³-hybridized carbons (Fsp3) is 0.565. The first-order valence-electron chi connectivity index (χ1n) is 10.5. The van der Waals surface area contributed by atoms with Crippen molar-refractivity contribution < 1.29 is 4.79 Å². The molecule has 5 nitrogen and oxygen atoms in total. The minimum absolute atomic E-state index is 0.0158. The Balaban J connectivity index is 1.47. The maximum Gasteiger partial charge on any atom is 0.230 e. The first-order valence-corrected chi connectivity index (χ1v) is 10.5. The van der Waals surface area contributed by atoms with Crippen LogP contribution in [0.15, 0.2) is 36.5 Å². The monoisotopic (exact) mass is 380 g/mol. The van der Waals surface area contributed by atoms with Crippen LogP contribution in [0.25, 0.3) is 0 Å². The molecule has 2 aromatic rings. The van der Waals surface area contributed by atoms with Crippen LogP contribution in [0.2, 0.25) is 0 Å². The molecule has 1 aromatic carbocycles. The highest BCUT2D eigenvalue weighted by Crippen LogP contribution is 2.45. The van der Waals surface area contributed by atoms with E-state index in [2.05, 4.69) is 53.0 Å². The minimum atomic E-state index is 0.0158. The molecule has 0 N–H and O–H groups in total. The third-order valence-corrected chi connectivity index (χ3v) is 7.00. The number of likely N-dealkylation sites (tertiary alicyclic amines) is 2. The lowest BCUT2D eigenvalue weighted by Crippen LogP contribution is -2.53. The van der Waals surface area contributed by atoms with Crippen molar-refractivity contribution in [1.82, 2.24) is 19.6 Å². The summed E-state index contributed by atoms with van der Waals surface area (Å²) >= 11 is 0. The van der Waals surface area contributed by atoms with Crippen molar-refractivity contribution in [3.63, 3.8) is 0 Å². The number of carbonyl (C=O) groups is 1. The van der Waals surface area contributed by atoms with Gasteiger partial charge in [-0.1, -0.05) is 30.3 Å². The lowest BCUT2D eigenvalue weighted by molar-refractivity contribution is -0.141. The Morgan fingerprint density at radius 1 is 1.18 bits per heavy atom. The predicted octanol–water partition coefficient (Wildman–Crippen LogP) is 3.35. The Bertz CT molecular complexity index is 820. The number of aromatic nitrogens is 2. The topological polar surface area (TPSA) is 41.4 Å². The van der Waals surface area contributed by atoms with E-state index in [1.54, 1.807) is 0 Å². The molecule has 1 amide bonds. The van der Waals surface area contributed by atoms with Crippen LogP contribution in [-0.2, 0) is 18.4 Å². The molecule has 1 spiro atoms. The highest BCUT2D eigenvalue weighted by molar-refractivity contribution is 5.84. The van der Waals surface area contributed by atoms with Gasteiger partial charge in [-0.2, -0.15) is 5.10 Å². The zero-order valence-corrected chi connectivity index (χ0v) is 17.4. The summed E-state index contributed by atoms with van der Waals surface area (Å²) in [5, 5.41) is 4.38. The number of aryl methyl sites for hydroxylation is 1. The van der Waals surface area contributed by atoms with Crippen LogP contribution in [0.4, 0.5) is 0 Å². The highest BCUT2D eigenvalue weighted by atomic mass is 16.2. The van der Waals surface area contributed by atoms with Gasteiger partial charge in [0.2, 0.25) is 5.91 Å². The van der Waals surface area contributed by atoms with Crippen LogP contribution in [0.1, 0.15) is 48.9 Å². The van der Waals surface area contributed by atoms with Gasteiger partial charge in [0.05, 0.1) is 12.1 Å². The standard InChI is InChI=1S/C23H32N4O/c1-4-27-17-23(14-21(22(27)28)19-8-6-5-7-9-19)10-12-26(13-11-23)16-20-15-24-25(3)18(20)2/h5-9,15,21H,4,10-14,16-17H2,1-3H3/t21-/m0/s1. The van der Waals surface area contributed by atoms with E-state index in [9.17, 15) is 4.79 Å². The van der Waals surface area contributed by atoms with Crippen molar-refractivity contribution in [2.24, 2.45) is 12.5 Å². The summed E-state index contributed by atoms with van der Waals surface area (Å²) in [4.78, 5) is 17.7. The first kappa shape index (κ1) is 19.2. The molecule has 2 saturated heterocycles. The summed E-state index contributed by atoms with van der Waals surface area (Å²) in [7, 11) is 2.01. The lowest BCUT2D eigenvalue weighted by Gasteiger charge is -2.49. The summed E-state index contributed by atoms with van der Waals surface area (Å²) in [6.45, 7) is 9.16. The highest BCUT2D eigenvalue weighted by Gasteiger charge is 2.45. The van der Waals surface area contributed by atoms with Crippen LogP contribution in [0.5, 0.6) is 0 Å². The van der Waals surface area contributed by atoms with Gasteiger partial charge in [0, 0.05) is 37.9 Å². The van der Waals surface area contributed by atoms with E-state index in [4.69, 9.17) is 0 Å². The molecular weight excluding hydrogens is 348 g/mol. The molecule has 0 unspecified atom stereocenters. The maximum atomic E-state index is 13.0. The number of carbonyl (C=O) groups excluding carboxylic acids is 1. The van der Waals surface area contributed by atoms with Gasteiger partial charge in [-0.15, -0.1) is 0 Å². The number of nitrogens with zero attached hydrogens (tertiary/aromatic N) is 4. The third-order valence-electron chi connectivity index (χ3n) is 7.00. The van der Waals surface area contributed by atoms with Crippen molar-refractivity contribution in [3.8, 4) is 0 Å². The van der Waals surface area contributed by atoms with Crippen molar-refractivity contribution >= 4 is 5.91 Å². The number of hydrogen-bond donors (Lipinski definition) is 0. The van der Waals surface area contributed by atoms with E-state index in [1.165, 1.54) is 29.7 Å². The molecule has 5 heteroatoms. The minimum Gasteiger partial charge on any atom is -0.342 e. The second-order valence-electron chi connectivity index (χ2n) is 8.67. The van der Waals surface area contributed by atoms with Gasteiger partial charge < -0.3 is 4.90 Å². The Morgan fingerprint density at radius 3 is 2.50 bits per heavy atom. The molecule has 0 aliphatic carbocycles. The summed E-state index contributed by atoms with van der Waals surface area (Å²) in [5.41, 5.74) is 4.02. The summed E-state index contributed by atoms with van der Waals surface area (Å²) in [5.74, 6) is 0.328. The SMILES string of the molecule is CCN1CC2(CCN(Cc3cnn(C)c3C)CC2)C[C@@H](c2ccccc2)C1=O. The van der Waals surface area contributed by atoms with Crippen LogP contribution < -0.4 is 0 Å². The molecule has 0 bridgehead atoms. The molecule has 150 valence electrons. The molecule has 0 saturated carbocycles. The van der Waals surface area contributed by atoms with Crippen molar-refractivity contribution in [2.45, 2.75) is 45.6 Å². The molecule has 0 radical (unpaired) electrons. The van der Waals surface area contributed by atoms with E-state index in [0.29, 0.717) is 5.91 Å². The van der Waals surface area contributed by atoms with Gasteiger partial charge in [0.1, 0.15) is 0 Å². The number of amides is 1. The van der Waals surface area contributed by atoms with Crippen molar-refractivity contribution in [3.05, 3.63) is 53.3 Å². The second-order valence-corrected chi connectivity index (χ2v) is 8.67. The Kier molecular flexibility index (Phi) is 5.28. The Labute approximate surface area is 168 Å². The predicted molar refractivity (Wildman–Crippen MR) is 111 cm³/mol. The average molecular weight is 381 g/mol. The molecule has 1 atom stereocenters. The van der Waals surface area contributed by atoms with Crippen LogP contribution in [0.3, 0.4) is 0 Å². The normalized spacial score (nSPS) is 22.8. The third kappa shape index (κ3) is 3.60. The smallest absolute Gasteiger partial charge is 0.230 e. The number of hydrogen-bond acceptors (Lipinski definition) is 3. The van der Waals surface area contributed by atoms with Crippen LogP contribution in [-0.4, -0.2) is 51.7 Å². The molecule has 28 heavy (non-hydrogen) atoms. The van der Waals surface area contributed by atoms with E-state index < -0.39 is 0 Å². The summed E-state index contributed by atoms with van der Waals surface area (Å²) in [6, 6.07) is 10.4. The van der Waals surface area contributed by atoms with Crippen molar-refractivity contribution in [2.75, 3.05) is 26.2 Å². The van der Waals surface area contributed by atoms with Gasteiger partial charge >= 0.3 is 0 Å².